The van der Waals surface area contributed by atoms with Gasteiger partial charge in [-0.05, 0) is 12.1 Å². The fraction of sp³-hybridized carbons (Fsp3) is 0.118. The zero-order valence-corrected chi connectivity index (χ0v) is 12.2. The smallest absolute Gasteiger partial charge is 0.238 e. The highest BCUT2D eigenvalue weighted by atomic mass is 16.5. The van der Waals surface area contributed by atoms with Gasteiger partial charge in [0.25, 0.3) is 0 Å². The minimum atomic E-state index is -0.301. The zero-order valence-electron chi connectivity index (χ0n) is 12.2. The fourth-order valence-electron chi connectivity index (χ4n) is 2.14. The molecule has 1 heterocycles. The molecule has 0 spiro atoms. The van der Waals surface area contributed by atoms with Gasteiger partial charge in [0.15, 0.2) is 0 Å². The number of hydrogen-bond acceptors (Lipinski definition) is 5. The van der Waals surface area contributed by atoms with Crippen LogP contribution in [0.5, 0.6) is 23.0 Å². The highest BCUT2D eigenvalue weighted by Crippen LogP contribution is 2.31. The molecule has 2 aromatic carbocycles. The Bertz CT molecular complexity index is 852. The summed E-state index contributed by atoms with van der Waals surface area (Å²) in [6.07, 6.45) is 1.29. The van der Waals surface area contributed by atoms with Gasteiger partial charge in [0, 0.05) is 12.1 Å². The normalized spacial score (nSPS) is 10.5. The quantitative estimate of drug-likeness (QED) is 0.736. The lowest BCUT2D eigenvalue weighted by molar-refractivity contribution is 0.394. The molecule has 0 saturated carbocycles. The van der Waals surface area contributed by atoms with Crippen molar-refractivity contribution >= 4 is 11.0 Å². The van der Waals surface area contributed by atoms with Crippen molar-refractivity contribution in [1.29, 1.82) is 0 Å². The Morgan fingerprint density at radius 3 is 2.36 bits per heavy atom. The number of rotatable bonds is 4. The minimum Gasteiger partial charge on any atom is -0.496 e. The van der Waals surface area contributed by atoms with Gasteiger partial charge in [0.2, 0.25) is 11.2 Å². The summed E-state index contributed by atoms with van der Waals surface area (Å²) in [5, 5.41) is 0.316. The lowest BCUT2D eigenvalue weighted by Crippen LogP contribution is -2.06. The summed E-state index contributed by atoms with van der Waals surface area (Å²) >= 11 is 0. The number of fused-ring (bicyclic) bond motifs is 1. The number of para-hydroxylation sites is 1. The van der Waals surface area contributed by atoms with Crippen LogP contribution in [-0.2, 0) is 0 Å². The summed E-state index contributed by atoms with van der Waals surface area (Å²) in [4.78, 5) is 12.6. The highest BCUT2D eigenvalue weighted by molar-refractivity contribution is 5.86. The molecule has 0 aliphatic rings. The van der Waals surface area contributed by atoms with Gasteiger partial charge in [0.05, 0.1) is 14.2 Å². The van der Waals surface area contributed by atoms with Crippen LogP contribution in [0.15, 0.2) is 57.9 Å². The van der Waals surface area contributed by atoms with Crippen molar-refractivity contribution in [2.45, 2.75) is 0 Å². The molecule has 5 nitrogen and oxygen atoms in total. The van der Waals surface area contributed by atoms with E-state index in [1.54, 1.807) is 24.3 Å². The van der Waals surface area contributed by atoms with Gasteiger partial charge >= 0.3 is 0 Å². The van der Waals surface area contributed by atoms with Crippen LogP contribution in [0.4, 0.5) is 0 Å². The average molecular weight is 298 g/mol. The minimum absolute atomic E-state index is 0.0992. The second-order valence-electron chi connectivity index (χ2n) is 4.55. The van der Waals surface area contributed by atoms with Crippen LogP contribution in [-0.4, -0.2) is 14.2 Å². The maximum Gasteiger partial charge on any atom is 0.238 e. The molecule has 112 valence electrons. The first kappa shape index (κ1) is 14.0. The first-order valence-corrected chi connectivity index (χ1v) is 6.63. The number of ether oxygens (including phenoxy) is 3. The van der Waals surface area contributed by atoms with Gasteiger partial charge in [-0.3, -0.25) is 4.79 Å². The molecule has 5 heteroatoms. The van der Waals surface area contributed by atoms with Gasteiger partial charge < -0.3 is 18.6 Å². The van der Waals surface area contributed by atoms with Crippen molar-refractivity contribution in [3.05, 3.63) is 59.0 Å². The van der Waals surface area contributed by atoms with Crippen LogP contribution in [0.2, 0.25) is 0 Å². The monoisotopic (exact) mass is 298 g/mol. The van der Waals surface area contributed by atoms with E-state index in [9.17, 15) is 4.79 Å². The Morgan fingerprint density at radius 2 is 1.68 bits per heavy atom. The van der Waals surface area contributed by atoms with Gasteiger partial charge in [-0.1, -0.05) is 18.2 Å². The highest BCUT2D eigenvalue weighted by Gasteiger charge is 2.15. The van der Waals surface area contributed by atoms with Crippen molar-refractivity contribution in [2.24, 2.45) is 0 Å². The van der Waals surface area contributed by atoms with Crippen molar-refractivity contribution in [3.63, 3.8) is 0 Å². The summed E-state index contributed by atoms with van der Waals surface area (Å²) in [7, 11) is 3.02. The first-order chi connectivity index (χ1) is 10.7. The van der Waals surface area contributed by atoms with Crippen LogP contribution in [0.1, 0.15) is 0 Å². The third-order valence-corrected chi connectivity index (χ3v) is 3.21. The molecular formula is C17H14O5. The predicted octanol–water partition coefficient (Wildman–Crippen LogP) is 3.60. The Labute approximate surface area is 126 Å². The third-order valence-electron chi connectivity index (χ3n) is 3.21. The van der Waals surface area contributed by atoms with Crippen LogP contribution in [0, 0.1) is 0 Å². The molecule has 1 aromatic heterocycles. The second kappa shape index (κ2) is 5.81. The van der Waals surface area contributed by atoms with E-state index in [0.29, 0.717) is 28.2 Å². The van der Waals surface area contributed by atoms with E-state index >= 15 is 0 Å². The van der Waals surface area contributed by atoms with E-state index in [1.807, 2.05) is 18.2 Å². The van der Waals surface area contributed by atoms with E-state index in [0.717, 1.165) is 0 Å². The van der Waals surface area contributed by atoms with Gasteiger partial charge in [-0.25, -0.2) is 0 Å². The van der Waals surface area contributed by atoms with E-state index < -0.39 is 0 Å². The largest absolute Gasteiger partial charge is 0.496 e. The van der Waals surface area contributed by atoms with Gasteiger partial charge in [-0.15, -0.1) is 0 Å². The molecular weight excluding hydrogens is 284 g/mol. The molecule has 0 aliphatic heterocycles. The summed E-state index contributed by atoms with van der Waals surface area (Å²) < 4.78 is 21.5. The summed E-state index contributed by atoms with van der Waals surface area (Å²) in [6.45, 7) is 0. The second-order valence-corrected chi connectivity index (χ2v) is 4.55. The van der Waals surface area contributed by atoms with Crippen molar-refractivity contribution in [3.8, 4) is 23.0 Å². The Kier molecular flexibility index (Phi) is 3.70. The van der Waals surface area contributed by atoms with Crippen LogP contribution in [0.3, 0.4) is 0 Å². The number of methoxy groups -OCH3 is 2. The molecule has 0 N–H and O–H groups in total. The predicted molar refractivity (Wildman–Crippen MR) is 82.1 cm³/mol. The lowest BCUT2D eigenvalue weighted by atomic mass is 10.2. The molecule has 0 unspecified atom stereocenters. The summed E-state index contributed by atoms with van der Waals surface area (Å²) in [6, 6.07) is 12.3. The lowest BCUT2D eigenvalue weighted by Gasteiger charge is -2.09. The third kappa shape index (κ3) is 2.48. The molecule has 0 radical (unpaired) electrons. The van der Waals surface area contributed by atoms with Crippen LogP contribution >= 0.6 is 0 Å². The molecule has 0 fully saturated rings. The molecule has 3 rings (SSSR count). The van der Waals surface area contributed by atoms with E-state index in [1.165, 1.54) is 20.5 Å². The Hall–Kier alpha value is -2.95. The first-order valence-electron chi connectivity index (χ1n) is 6.63. The van der Waals surface area contributed by atoms with E-state index in [-0.39, 0.29) is 11.2 Å². The SMILES string of the molecule is COc1cc(OC)c2c(=O)c(Oc3ccccc3)coc2c1. The summed E-state index contributed by atoms with van der Waals surface area (Å²) in [5.41, 5.74) is 0.0752. The molecule has 3 aromatic rings. The number of benzene rings is 2. The van der Waals surface area contributed by atoms with Crippen LogP contribution < -0.4 is 19.6 Å². The number of hydrogen-bond donors (Lipinski definition) is 0. The fourth-order valence-corrected chi connectivity index (χ4v) is 2.14. The molecule has 0 bridgehead atoms. The van der Waals surface area contributed by atoms with Crippen molar-refractivity contribution in [1.82, 2.24) is 0 Å². The Morgan fingerprint density at radius 1 is 0.909 bits per heavy atom. The Balaban J connectivity index is 2.15. The van der Waals surface area contributed by atoms with E-state index in [4.69, 9.17) is 18.6 Å². The maximum absolute atomic E-state index is 12.6. The zero-order chi connectivity index (χ0) is 15.5. The average Bonchev–Trinajstić information content (AvgIpc) is 2.57. The van der Waals surface area contributed by atoms with Gasteiger partial charge in [-0.2, -0.15) is 0 Å². The summed E-state index contributed by atoms with van der Waals surface area (Å²) in [5.74, 6) is 1.58. The maximum atomic E-state index is 12.6. The van der Waals surface area contributed by atoms with Crippen molar-refractivity contribution < 1.29 is 18.6 Å². The molecule has 0 saturated heterocycles. The standard InChI is InChI=1S/C17H14O5/c1-19-12-8-13(20-2)16-14(9-12)21-10-15(17(16)18)22-11-6-4-3-5-7-11/h3-10H,1-2H3. The van der Waals surface area contributed by atoms with Crippen LogP contribution in [0.25, 0.3) is 11.0 Å². The molecule has 22 heavy (non-hydrogen) atoms. The topological polar surface area (TPSA) is 57.9 Å². The molecule has 0 atom stereocenters. The van der Waals surface area contributed by atoms with Gasteiger partial charge in [0.1, 0.15) is 34.5 Å². The molecule has 0 amide bonds. The molecule has 0 aliphatic carbocycles. The van der Waals surface area contributed by atoms with Crippen molar-refractivity contribution in [2.75, 3.05) is 14.2 Å². The van der Waals surface area contributed by atoms with E-state index in [2.05, 4.69) is 0 Å².